The Balaban J connectivity index is 3.31. The molecule has 3 heteroatoms. The van der Waals surface area contributed by atoms with Crippen LogP contribution in [0.5, 0.6) is 5.75 Å². The summed E-state index contributed by atoms with van der Waals surface area (Å²) >= 11 is 0. The molecule has 1 N–H and O–H groups in total. The van der Waals surface area contributed by atoms with Gasteiger partial charge in [0.1, 0.15) is 11.4 Å². The molecule has 0 aliphatic heterocycles. The third kappa shape index (κ3) is 3.16. The molecule has 102 valence electrons. The number of hydrogen-bond donors (Lipinski definition) is 1. The van der Waals surface area contributed by atoms with E-state index in [9.17, 15) is 5.21 Å². The smallest absolute Gasteiger partial charge is 0.144 e. The second kappa shape index (κ2) is 4.81. The monoisotopic (exact) mass is 251 g/mol. The van der Waals surface area contributed by atoms with Crippen LogP contribution in [0.25, 0.3) is 0 Å². The number of methoxy groups -OCH3 is 1. The zero-order valence-electron chi connectivity index (χ0n) is 12.5. The molecular weight excluding hydrogens is 226 g/mol. The second-order valence-corrected chi connectivity index (χ2v) is 6.62. The van der Waals surface area contributed by atoms with Crippen molar-refractivity contribution in [2.75, 3.05) is 12.2 Å². The minimum atomic E-state index is -0.371. The van der Waals surface area contributed by atoms with Gasteiger partial charge in [-0.05, 0) is 43.9 Å². The largest absolute Gasteiger partial charge is 0.494 e. The fourth-order valence-corrected chi connectivity index (χ4v) is 1.68. The Kier molecular flexibility index (Phi) is 3.96. The van der Waals surface area contributed by atoms with Gasteiger partial charge in [0.2, 0.25) is 0 Å². The molecule has 1 aromatic carbocycles. The summed E-state index contributed by atoms with van der Waals surface area (Å²) in [5.41, 5.74) is 1.54. The number of rotatable bonds is 2. The van der Waals surface area contributed by atoms with Gasteiger partial charge in [-0.2, -0.15) is 0 Å². The van der Waals surface area contributed by atoms with Crippen LogP contribution < -0.4 is 9.80 Å². The van der Waals surface area contributed by atoms with Crippen molar-refractivity contribution in [2.24, 2.45) is 0 Å². The zero-order valence-corrected chi connectivity index (χ0v) is 12.5. The lowest BCUT2D eigenvalue weighted by molar-refractivity contribution is 0.178. The molecule has 1 rings (SSSR count). The average molecular weight is 251 g/mol. The number of nitrogens with zero attached hydrogens (tertiary/aromatic N) is 1. The molecule has 3 nitrogen and oxygen atoms in total. The highest BCUT2D eigenvalue weighted by atomic mass is 16.5. The van der Waals surface area contributed by atoms with Crippen LogP contribution in [-0.4, -0.2) is 17.9 Å². The van der Waals surface area contributed by atoms with E-state index in [1.54, 1.807) is 7.11 Å². The SMILES string of the molecule is COc1ccc(C(C)(C)C)cc1N(O)C(C)(C)C. The number of hydroxylamine groups is 1. The summed E-state index contributed by atoms with van der Waals surface area (Å²) in [5.74, 6) is 0.681. The summed E-state index contributed by atoms with van der Waals surface area (Å²) in [6, 6.07) is 5.94. The summed E-state index contributed by atoms with van der Waals surface area (Å²) in [5, 5.41) is 11.6. The van der Waals surface area contributed by atoms with E-state index < -0.39 is 0 Å². The summed E-state index contributed by atoms with van der Waals surface area (Å²) in [7, 11) is 1.62. The molecule has 0 heterocycles. The Bertz CT molecular complexity index is 413. The first-order valence-electron chi connectivity index (χ1n) is 6.25. The molecule has 0 fully saturated rings. The van der Waals surface area contributed by atoms with Crippen LogP contribution >= 0.6 is 0 Å². The molecule has 0 spiro atoms. The van der Waals surface area contributed by atoms with Gasteiger partial charge in [0.25, 0.3) is 0 Å². The van der Waals surface area contributed by atoms with Gasteiger partial charge in [0.15, 0.2) is 0 Å². The Morgan fingerprint density at radius 2 is 1.61 bits per heavy atom. The van der Waals surface area contributed by atoms with Gasteiger partial charge in [-0.1, -0.05) is 26.8 Å². The predicted octanol–water partition coefficient (Wildman–Crippen LogP) is 3.99. The fraction of sp³-hybridized carbons (Fsp3) is 0.600. The summed E-state index contributed by atoms with van der Waals surface area (Å²) < 4.78 is 5.33. The molecule has 1 aromatic rings. The topological polar surface area (TPSA) is 32.7 Å². The molecule has 0 saturated carbocycles. The van der Waals surface area contributed by atoms with Crippen molar-refractivity contribution < 1.29 is 9.94 Å². The average Bonchev–Trinajstić information content (AvgIpc) is 2.24. The minimum Gasteiger partial charge on any atom is -0.494 e. The van der Waals surface area contributed by atoms with E-state index in [0.717, 1.165) is 0 Å². The predicted molar refractivity (Wildman–Crippen MR) is 75.7 cm³/mol. The lowest BCUT2D eigenvalue weighted by atomic mass is 9.86. The van der Waals surface area contributed by atoms with E-state index >= 15 is 0 Å². The van der Waals surface area contributed by atoms with Crippen LogP contribution in [0, 0.1) is 0 Å². The quantitative estimate of drug-likeness (QED) is 0.807. The maximum absolute atomic E-state index is 10.3. The van der Waals surface area contributed by atoms with Crippen molar-refractivity contribution in [2.45, 2.75) is 52.5 Å². The van der Waals surface area contributed by atoms with Gasteiger partial charge in [0, 0.05) is 0 Å². The Morgan fingerprint density at radius 3 is 2.00 bits per heavy atom. The van der Waals surface area contributed by atoms with Gasteiger partial charge in [-0.15, -0.1) is 0 Å². The first kappa shape index (κ1) is 14.8. The van der Waals surface area contributed by atoms with E-state index in [4.69, 9.17) is 4.74 Å². The Hall–Kier alpha value is -1.22. The third-order valence-corrected chi connectivity index (χ3v) is 2.91. The van der Waals surface area contributed by atoms with Crippen LogP contribution in [0.1, 0.15) is 47.1 Å². The lowest BCUT2D eigenvalue weighted by Crippen LogP contribution is -2.39. The third-order valence-electron chi connectivity index (χ3n) is 2.91. The number of hydrogen-bond acceptors (Lipinski definition) is 3. The molecule has 0 aliphatic rings. The van der Waals surface area contributed by atoms with Gasteiger partial charge in [-0.3, -0.25) is 5.21 Å². The van der Waals surface area contributed by atoms with E-state index in [-0.39, 0.29) is 11.0 Å². The van der Waals surface area contributed by atoms with Crippen molar-refractivity contribution in [3.63, 3.8) is 0 Å². The second-order valence-electron chi connectivity index (χ2n) is 6.62. The molecule has 0 radical (unpaired) electrons. The first-order chi connectivity index (χ1) is 8.07. The lowest BCUT2D eigenvalue weighted by Gasteiger charge is -2.33. The van der Waals surface area contributed by atoms with Crippen LogP contribution in [0.2, 0.25) is 0 Å². The normalized spacial score (nSPS) is 12.4. The molecular formula is C15H25NO2. The highest BCUT2D eigenvalue weighted by Crippen LogP contribution is 2.35. The van der Waals surface area contributed by atoms with Crippen molar-refractivity contribution in [3.05, 3.63) is 23.8 Å². The minimum absolute atomic E-state index is 0.0414. The van der Waals surface area contributed by atoms with Crippen molar-refractivity contribution >= 4 is 5.69 Å². The first-order valence-corrected chi connectivity index (χ1v) is 6.25. The van der Waals surface area contributed by atoms with Crippen LogP contribution in [0.4, 0.5) is 5.69 Å². The van der Waals surface area contributed by atoms with Crippen LogP contribution in [-0.2, 0) is 5.41 Å². The number of ether oxygens (including phenoxy) is 1. The van der Waals surface area contributed by atoms with Crippen molar-refractivity contribution in [3.8, 4) is 5.75 Å². The summed E-state index contributed by atoms with van der Waals surface area (Å²) in [4.78, 5) is 0. The van der Waals surface area contributed by atoms with Crippen LogP contribution in [0.3, 0.4) is 0 Å². The maximum Gasteiger partial charge on any atom is 0.144 e. The van der Waals surface area contributed by atoms with E-state index in [1.165, 1.54) is 10.6 Å². The van der Waals surface area contributed by atoms with E-state index in [1.807, 2.05) is 39.0 Å². The molecule has 0 unspecified atom stereocenters. The maximum atomic E-state index is 10.3. The Morgan fingerprint density at radius 1 is 1.06 bits per heavy atom. The van der Waals surface area contributed by atoms with Crippen LogP contribution in [0.15, 0.2) is 18.2 Å². The molecule has 0 amide bonds. The number of benzene rings is 1. The molecule has 0 bridgehead atoms. The van der Waals surface area contributed by atoms with Gasteiger partial charge in [0.05, 0.1) is 12.6 Å². The number of anilines is 1. The van der Waals surface area contributed by atoms with Gasteiger partial charge in [-0.25, -0.2) is 5.06 Å². The summed E-state index contributed by atoms with van der Waals surface area (Å²) in [6.45, 7) is 12.3. The Labute approximate surface area is 110 Å². The molecule has 18 heavy (non-hydrogen) atoms. The standard InChI is InChI=1S/C15H25NO2/c1-14(2,3)11-8-9-13(18-7)12(10-11)16(17)15(4,5)6/h8-10,17H,1-7H3. The molecule has 0 aromatic heterocycles. The fourth-order valence-electron chi connectivity index (χ4n) is 1.68. The van der Waals surface area contributed by atoms with E-state index in [0.29, 0.717) is 11.4 Å². The highest BCUT2D eigenvalue weighted by molar-refractivity contribution is 5.60. The molecule has 0 atom stereocenters. The van der Waals surface area contributed by atoms with Gasteiger partial charge < -0.3 is 4.74 Å². The van der Waals surface area contributed by atoms with E-state index in [2.05, 4.69) is 20.8 Å². The zero-order chi connectivity index (χ0) is 14.1. The van der Waals surface area contributed by atoms with Crippen molar-refractivity contribution in [1.29, 1.82) is 0 Å². The molecule has 0 aliphatic carbocycles. The van der Waals surface area contributed by atoms with Gasteiger partial charge >= 0.3 is 0 Å². The van der Waals surface area contributed by atoms with Crippen molar-refractivity contribution in [1.82, 2.24) is 0 Å². The highest BCUT2D eigenvalue weighted by Gasteiger charge is 2.25. The molecule has 0 saturated heterocycles. The summed E-state index contributed by atoms with van der Waals surface area (Å²) in [6.07, 6.45) is 0.